The molecule has 0 heterocycles. The van der Waals surface area contributed by atoms with E-state index in [-0.39, 0.29) is 5.88 Å². The van der Waals surface area contributed by atoms with Crippen LogP contribution in [0.15, 0.2) is 0 Å². The summed E-state index contributed by atoms with van der Waals surface area (Å²) in [5.41, 5.74) is 0. The van der Waals surface area contributed by atoms with Crippen LogP contribution in [0.5, 0.6) is 0 Å². The summed E-state index contributed by atoms with van der Waals surface area (Å²) in [5.74, 6) is -1.12. The summed E-state index contributed by atoms with van der Waals surface area (Å²) in [7, 11) is 0. The average molecular weight is 201 g/mol. The van der Waals surface area contributed by atoms with Crippen molar-refractivity contribution >= 4 is 23.5 Å². The SMILES string of the molecule is O=C(CCl)NC(=O)NCC(F)F. The maximum Gasteiger partial charge on any atom is 0.321 e. The molecular weight excluding hydrogens is 194 g/mol. The fraction of sp³-hybridized carbons (Fsp3) is 0.600. The van der Waals surface area contributed by atoms with Gasteiger partial charge in [-0.15, -0.1) is 11.6 Å². The Hall–Kier alpha value is -0.910. The van der Waals surface area contributed by atoms with Crippen LogP contribution in [0.3, 0.4) is 0 Å². The molecule has 2 N–H and O–H groups in total. The smallest absolute Gasteiger partial charge is 0.321 e. The maximum atomic E-state index is 11.5. The second kappa shape index (κ2) is 5.70. The molecule has 0 unspecified atom stereocenters. The highest BCUT2D eigenvalue weighted by Gasteiger charge is 2.08. The molecule has 0 fully saturated rings. The maximum absolute atomic E-state index is 11.5. The summed E-state index contributed by atoms with van der Waals surface area (Å²) in [5, 5.41) is 3.50. The van der Waals surface area contributed by atoms with E-state index in [2.05, 4.69) is 0 Å². The molecule has 0 saturated heterocycles. The number of imide groups is 1. The van der Waals surface area contributed by atoms with Gasteiger partial charge in [-0.05, 0) is 0 Å². The van der Waals surface area contributed by atoms with Crippen molar-refractivity contribution in [2.75, 3.05) is 12.4 Å². The average Bonchev–Trinajstić information content (AvgIpc) is 2.00. The number of carbonyl (C=O) groups excluding carboxylic acids is 2. The van der Waals surface area contributed by atoms with E-state index in [1.54, 1.807) is 10.6 Å². The summed E-state index contributed by atoms with van der Waals surface area (Å²) in [6.45, 7) is -0.790. The number of halogens is 3. The number of nitrogens with one attached hydrogen (secondary N) is 2. The van der Waals surface area contributed by atoms with Gasteiger partial charge in [0.05, 0.1) is 6.54 Å². The zero-order chi connectivity index (χ0) is 9.56. The van der Waals surface area contributed by atoms with Gasteiger partial charge in [0.25, 0.3) is 6.43 Å². The highest BCUT2D eigenvalue weighted by atomic mass is 35.5. The second-order valence-corrected chi connectivity index (χ2v) is 2.05. The van der Waals surface area contributed by atoms with Crippen LogP contribution >= 0.6 is 11.6 Å². The minimum absolute atomic E-state index is 0.387. The Morgan fingerprint density at radius 3 is 2.42 bits per heavy atom. The number of amides is 3. The van der Waals surface area contributed by atoms with Gasteiger partial charge in [0.1, 0.15) is 5.88 Å². The van der Waals surface area contributed by atoms with Crippen LogP contribution in [0.1, 0.15) is 0 Å². The third kappa shape index (κ3) is 5.84. The van der Waals surface area contributed by atoms with Crippen molar-refractivity contribution in [3.05, 3.63) is 0 Å². The topological polar surface area (TPSA) is 58.2 Å². The summed E-state index contributed by atoms with van der Waals surface area (Å²) in [6, 6.07) is -0.971. The van der Waals surface area contributed by atoms with Crippen LogP contribution in [0.25, 0.3) is 0 Å². The van der Waals surface area contributed by atoms with Crippen LogP contribution in [-0.4, -0.2) is 30.8 Å². The summed E-state index contributed by atoms with van der Waals surface area (Å²) in [6.07, 6.45) is -2.64. The van der Waals surface area contributed by atoms with Crippen LogP contribution < -0.4 is 10.6 Å². The van der Waals surface area contributed by atoms with Gasteiger partial charge in [0.2, 0.25) is 5.91 Å². The van der Waals surface area contributed by atoms with Crippen LogP contribution in [0.2, 0.25) is 0 Å². The first-order chi connectivity index (χ1) is 5.56. The largest absolute Gasteiger partial charge is 0.332 e. The summed E-state index contributed by atoms with van der Waals surface area (Å²) >= 11 is 5.02. The quantitative estimate of drug-likeness (QED) is 0.645. The Labute approximate surface area is 72.3 Å². The highest BCUT2D eigenvalue weighted by molar-refractivity contribution is 6.28. The molecule has 0 aliphatic rings. The molecule has 0 spiro atoms. The molecule has 0 aromatic rings. The molecular formula is C5H7ClF2N2O2. The van der Waals surface area contributed by atoms with Crippen molar-refractivity contribution in [2.45, 2.75) is 6.43 Å². The van der Waals surface area contributed by atoms with E-state index in [1.807, 2.05) is 0 Å². The van der Waals surface area contributed by atoms with E-state index in [9.17, 15) is 18.4 Å². The summed E-state index contributed by atoms with van der Waals surface area (Å²) < 4.78 is 22.9. The third-order valence-electron chi connectivity index (χ3n) is 0.791. The lowest BCUT2D eigenvalue weighted by Crippen LogP contribution is -2.41. The fourth-order valence-corrected chi connectivity index (χ4v) is 0.441. The molecule has 3 amide bonds. The zero-order valence-electron chi connectivity index (χ0n) is 5.94. The summed E-state index contributed by atoms with van der Waals surface area (Å²) in [4.78, 5) is 20.9. The van der Waals surface area contributed by atoms with Crippen LogP contribution in [0, 0.1) is 0 Å². The van der Waals surface area contributed by atoms with Gasteiger partial charge >= 0.3 is 6.03 Å². The monoisotopic (exact) mass is 200 g/mol. The molecule has 70 valence electrons. The van der Waals surface area contributed by atoms with Gasteiger partial charge in [-0.25, -0.2) is 13.6 Å². The number of hydrogen-bond donors (Lipinski definition) is 2. The standard InChI is InChI=1S/C5H7ClF2N2O2/c6-1-4(11)10-5(12)9-2-3(7)8/h3H,1-2H2,(H2,9,10,11,12). The van der Waals surface area contributed by atoms with Crippen molar-refractivity contribution in [1.29, 1.82) is 0 Å². The molecule has 0 atom stereocenters. The van der Waals surface area contributed by atoms with E-state index in [4.69, 9.17) is 11.6 Å². The van der Waals surface area contributed by atoms with Crippen molar-refractivity contribution in [3.8, 4) is 0 Å². The van der Waals surface area contributed by atoms with Gasteiger partial charge in [0, 0.05) is 0 Å². The van der Waals surface area contributed by atoms with Crippen molar-refractivity contribution in [3.63, 3.8) is 0 Å². The van der Waals surface area contributed by atoms with Crippen LogP contribution in [0.4, 0.5) is 13.6 Å². The number of alkyl halides is 3. The van der Waals surface area contributed by atoms with Crippen molar-refractivity contribution in [1.82, 2.24) is 10.6 Å². The predicted octanol–water partition coefficient (Wildman–Crippen LogP) is 0.316. The Kier molecular flexibility index (Phi) is 5.27. The molecule has 7 heteroatoms. The number of carbonyl (C=O) groups is 2. The molecule has 0 aliphatic heterocycles. The van der Waals surface area contributed by atoms with E-state index in [1.165, 1.54) is 0 Å². The van der Waals surface area contributed by atoms with E-state index in [0.717, 1.165) is 0 Å². The van der Waals surface area contributed by atoms with Gasteiger partial charge in [0.15, 0.2) is 0 Å². The lowest BCUT2D eigenvalue weighted by molar-refractivity contribution is -0.117. The van der Waals surface area contributed by atoms with Crippen molar-refractivity contribution < 1.29 is 18.4 Å². The van der Waals surface area contributed by atoms with Gasteiger partial charge in [-0.1, -0.05) is 0 Å². The molecule has 0 radical (unpaired) electrons. The first kappa shape index (κ1) is 11.1. The molecule has 0 aromatic carbocycles. The molecule has 4 nitrogen and oxygen atoms in total. The van der Waals surface area contributed by atoms with Crippen LogP contribution in [-0.2, 0) is 4.79 Å². The van der Waals surface area contributed by atoms with Crippen molar-refractivity contribution in [2.24, 2.45) is 0 Å². The van der Waals surface area contributed by atoms with Gasteiger partial charge in [-0.2, -0.15) is 0 Å². The minimum atomic E-state index is -2.64. The molecule has 0 aromatic heterocycles. The molecule has 0 aliphatic carbocycles. The van der Waals surface area contributed by atoms with Gasteiger partial charge in [-0.3, -0.25) is 10.1 Å². The first-order valence-corrected chi connectivity index (χ1v) is 3.51. The number of hydrogen-bond acceptors (Lipinski definition) is 2. The minimum Gasteiger partial charge on any atom is -0.332 e. The lowest BCUT2D eigenvalue weighted by atomic mass is 10.6. The normalized spacial score (nSPS) is 9.67. The Bertz CT molecular complexity index is 177. The number of rotatable bonds is 3. The predicted molar refractivity (Wildman–Crippen MR) is 38.3 cm³/mol. The second-order valence-electron chi connectivity index (χ2n) is 1.78. The molecule has 0 saturated carbocycles. The molecule has 0 bridgehead atoms. The van der Waals surface area contributed by atoms with E-state index < -0.39 is 24.9 Å². The lowest BCUT2D eigenvalue weighted by Gasteiger charge is -2.03. The Balaban J connectivity index is 3.53. The molecule has 0 rings (SSSR count). The Morgan fingerprint density at radius 1 is 1.42 bits per heavy atom. The van der Waals surface area contributed by atoms with E-state index in [0.29, 0.717) is 0 Å². The zero-order valence-corrected chi connectivity index (χ0v) is 6.70. The van der Waals surface area contributed by atoms with Gasteiger partial charge < -0.3 is 5.32 Å². The van der Waals surface area contributed by atoms with E-state index >= 15 is 0 Å². The molecule has 12 heavy (non-hydrogen) atoms. The Morgan fingerprint density at radius 2 is 2.00 bits per heavy atom. The number of urea groups is 1. The fourth-order valence-electron chi connectivity index (χ4n) is 0.374. The first-order valence-electron chi connectivity index (χ1n) is 2.98. The highest BCUT2D eigenvalue weighted by Crippen LogP contribution is 1.87. The third-order valence-corrected chi connectivity index (χ3v) is 1.03.